The van der Waals surface area contributed by atoms with E-state index in [1.807, 2.05) is 48.5 Å². The van der Waals surface area contributed by atoms with E-state index in [0.29, 0.717) is 30.0 Å². The van der Waals surface area contributed by atoms with E-state index in [-0.39, 0.29) is 11.7 Å². The maximum atomic E-state index is 13.0. The number of ether oxygens (including phenoxy) is 3. The Labute approximate surface area is 174 Å². The molecule has 3 aromatic rings. The van der Waals surface area contributed by atoms with Crippen LogP contribution in [0.1, 0.15) is 29.3 Å². The molecule has 7 nitrogen and oxygen atoms in total. The number of hydrogen-bond donors (Lipinski definition) is 0. The molecule has 1 saturated heterocycles. The molecular formula is C23H22N2O5. The highest BCUT2D eigenvalue weighted by Crippen LogP contribution is 2.32. The fraction of sp³-hybridized carbons (Fsp3) is 0.261. The summed E-state index contributed by atoms with van der Waals surface area (Å²) in [6.45, 7) is 2.25. The van der Waals surface area contributed by atoms with Gasteiger partial charge in [-0.2, -0.15) is 5.10 Å². The number of carbonyl (C=O) groups excluding carboxylic acids is 2. The van der Waals surface area contributed by atoms with Crippen molar-refractivity contribution in [3.63, 3.8) is 0 Å². The zero-order valence-electron chi connectivity index (χ0n) is 16.8. The third kappa shape index (κ3) is 4.05. The number of para-hydroxylation sites is 1. The van der Waals surface area contributed by atoms with Crippen molar-refractivity contribution in [1.82, 2.24) is 9.78 Å². The molecule has 4 rings (SSSR count). The number of nitrogens with zero attached hydrogens (tertiary/aromatic N) is 2. The second-order valence-corrected chi connectivity index (χ2v) is 7.15. The van der Waals surface area contributed by atoms with Crippen LogP contribution in [0.5, 0.6) is 5.75 Å². The van der Waals surface area contributed by atoms with Gasteiger partial charge in [0.2, 0.25) is 6.10 Å². The molecule has 2 heterocycles. The van der Waals surface area contributed by atoms with Crippen molar-refractivity contribution in [2.75, 3.05) is 7.11 Å². The minimum Gasteiger partial charge on any atom is -0.496 e. The van der Waals surface area contributed by atoms with E-state index in [4.69, 9.17) is 14.2 Å². The van der Waals surface area contributed by atoms with Crippen molar-refractivity contribution in [2.24, 2.45) is 0 Å². The van der Waals surface area contributed by atoms with Crippen LogP contribution in [0.3, 0.4) is 0 Å². The van der Waals surface area contributed by atoms with Crippen molar-refractivity contribution in [3.8, 4) is 17.0 Å². The first kappa shape index (κ1) is 19.7. The van der Waals surface area contributed by atoms with Crippen LogP contribution in [0, 0.1) is 0 Å². The van der Waals surface area contributed by atoms with Crippen molar-refractivity contribution in [2.45, 2.75) is 32.1 Å². The molecule has 1 aliphatic heterocycles. The highest BCUT2D eigenvalue weighted by molar-refractivity contribution is 5.98. The van der Waals surface area contributed by atoms with Crippen LogP contribution in [-0.4, -0.2) is 41.0 Å². The number of methoxy groups -OCH3 is 1. The fourth-order valence-electron chi connectivity index (χ4n) is 3.47. The Morgan fingerprint density at radius 1 is 1.17 bits per heavy atom. The van der Waals surface area contributed by atoms with Crippen LogP contribution in [0.25, 0.3) is 11.3 Å². The van der Waals surface area contributed by atoms with E-state index in [0.717, 1.165) is 5.56 Å². The van der Waals surface area contributed by atoms with Crippen molar-refractivity contribution in [1.29, 1.82) is 0 Å². The van der Waals surface area contributed by atoms with Gasteiger partial charge >= 0.3 is 11.9 Å². The van der Waals surface area contributed by atoms with Gasteiger partial charge in [0.1, 0.15) is 23.1 Å². The zero-order valence-corrected chi connectivity index (χ0v) is 16.8. The monoisotopic (exact) mass is 406 g/mol. The van der Waals surface area contributed by atoms with Gasteiger partial charge in [-0.05, 0) is 24.6 Å². The standard InChI is InChI=1S/C23H22N2O5/c1-15-12-20(23(27)29-15)30-22(26)18-14-25(13-16-8-4-3-5-9-16)24-21(18)17-10-6-7-11-19(17)28-2/h3-11,14-15,20H,12-13H2,1-2H3. The normalized spacial score (nSPS) is 18.1. The molecule has 154 valence electrons. The van der Waals surface area contributed by atoms with Crippen LogP contribution >= 0.6 is 0 Å². The molecule has 0 N–H and O–H groups in total. The third-order valence-corrected chi connectivity index (χ3v) is 4.91. The fourth-order valence-corrected chi connectivity index (χ4v) is 3.47. The van der Waals surface area contributed by atoms with Gasteiger partial charge in [-0.25, -0.2) is 9.59 Å². The first-order chi connectivity index (χ1) is 14.5. The lowest BCUT2D eigenvalue weighted by molar-refractivity contribution is -0.147. The first-order valence-corrected chi connectivity index (χ1v) is 9.71. The van der Waals surface area contributed by atoms with Crippen LogP contribution in [-0.2, 0) is 20.8 Å². The Hall–Kier alpha value is -3.61. The van der Waals surface area contributed by atoms with E-state index >= 15 is 0 Å². The van der Waals surface area contributed by atoms with Crippen LogP contribution in [0.15, 0.2) is 60.8 Å². The molecule has 1 aliphatic rings. The summed E-state index contributed by atoms with van der Waals surface area (Å²) in [4.78, 5) is 24.9. The summed E-state index contributed by atoms with van der Waals surface area (Å²) in [5.41, 5.74) is 2.41. The second kappa shape index (κ2) is 8.41. The molecule has 7 heteroatoms. The molecule has 2 aromatic carbocycles. The number of cyclic esters (lactones) is 1. The average molecular weight is 406 g/mol. The molecule has 30 heavy (non-hydrogen) atoms. The largest absolute Gasteiger partial charge is 0.496 e. The van der Waals surface area contributed by atoms with Gasteiger partial charge < -0.3 is 14.2 Å². The minimum absolute atomic E-state index is 0.266. The molecular weight excluding hydrogens is 384 g/mol. The predicted octanol–water partition coefficient (Wildman–Crippen LogP) is 3.47. The maximum Gasteiger partial charge on any atom is 0.347 e. The predicted molar refractivity (Wildman–Crippen MR) is 109 cm³/mol. The Morgan fingerprint density at radius 3 is 2.60 bits per heavy atom. The van der Waals surface area contributed by atoms with Gasteiger partial charge in [-0.3, -0.25) is 4.68 Å². The third-order valence-electron chi connectivity index (χ3n) is 4.91. The summed E-state index contributed by atoms with van der Waals surface area (Å²) in [7, 11) is 1.56. The summed E-state index contributed by atoms with van der Waals surface area (Å²) in [6.07, 6.45) is 0.799. The lowest BCUT2D eigenvalue weighted by Gasteiger charge is -2.10. The van der Waals surface area contributed by atoms with Gasteiger partial charge in [0.05, 0.1) is 13.7 Å². The topological polar surface area (TPSA) is 79.7 Å². The van der Waals surface area contributed by atoms with Crippen molar-refractivity contribution < 1.29 is 23.8 Å². The molecule has 0 amide bonds. The number of carbonyl (C=O) groups is 2. The van der Waals surface area contributed by atoms with Crippen LogP contribution in [0.2, 0.25) is 0 Å². The number of benzene rings is 2. The lowest BCUT2D eigenvalue weighted by Crippen LogP contribution is -2.22. The molecule has 0 spiro atoms. The molecule has 0 aliphatic carbocycles. The number of rotatable bonds is 6. The van der Waals surface area contributed by atoms with Gasteiger partial charge in [-0.1, -0.05) is 42.5 Å². The van der Waals surface area contributed by atoms with Gasteiger partial charge in [0.25, 0.3) is 0 Å². The molecule has 0 radical (unpaired) electrons. The molecule has 1 aromatic heterocycles. The lowest BCUT2D eigenvalue weighted by atomic mass is 10.1. The highest BCUT2D eigenvalue weighted by Gasteiger charge is 2.36. The molecule has 0 bridgehead atoms. The van der Waals surface area contributed by atoms with E-state index in [9.17, 15) is 9.59 Å². The Bertz CT molecular complexity index is 1060. The molecule has 1 fully saturated rings. The number of aromatic nitrogens is 2. The summed E-state index contributed by atoms with van der Waals surface area (Å²) in [6, 6.07) is 17.1. The minimum atomic E-state index is -0.907. The van der Waals surface area contributed by atoms with E-state index in [1.54, 1.807) is 31.0 Å². The van der Waals surface area contributed by atoms with Crippen molar-refractivity contribution in [3.05, 3.63) is 71.9 Å². The van der Waals surface area contributed by atoms with Crippen molar-refractivity contribution >= 4 is 11.9 Å². The smallest absolute Gasteiger partial charge is 0.347 e. The van der Waals surface area contributed by atoms with E-state index in [2.05, 4.69) is 5.10 Å². The summed E-state index contributed by atoms with van der Waals surface area (Å²) in [5, 5.41) is 4.63. The maximum absolute atomic E-state index is 13.0. The van der Waals surface area contributed by atoms with Gasteiger partial charge in [0, 0.05) is 18.2 Å². The number of hydrogen-bond acceptors (Lipinski definition) is 6. The summed E-state index contributed by atoms with van der Waals surface area (Å²) < 4.78 is 17.7. The molecule has 0 saturated carbocycles. The van der Waals surface area contributed by atoms with Gasteiger partial charge in [-0.15, -0.1) is 0 Å². The Morgan fingerprint density at radius 2 is 1.90 bits per heavy atom. The summed E-state index contributed by atoms with van der Waals surface area (Å²) >= 11 is 0. The Balaban J connectivity index is 1.70. The van der Waals surface area contributed by atoms with Crippen LogP contribution in [0.4, 0.5) is 0 Å². The molecule has 2 unspecified atom stereocenters. The van der Waals surface area contributed by atoms with Gasteiger partial charge in [0.15, 0.2) is 0 Å². The average Bonchev–Trinajstić information content (AvgIpc) is 3.31. The van der Waals surface area contributed by atoms with Crippen LogP contribution < -0.4 is 4.74 Å². The van der Waals surface area contributed by atoms with E-state index < -0.39 is 18.0 Å². The van der Waals surface area contributed by atoms with E-state index in [1.165, 1.54) is 0 Å². The number of esters is 2. The first-order valence-electron chi connectivity index (χ1n) is 9.71. The summed E-state index contributed by atoms with van der Waals surface area (Å²) in [5.74, 6) is -0.553. The highest BCUT2D eigenvalue weighted by atomic mass is 16.6. The molecule has 2 atom stereocenters. The SMILES string of the molecule is COc1ccccc1-c1nn(Cc2ccccc2)cc1C(=O)OC1CC(C)OC1=O. The zero-order chi connectivity index (χ0) is 21.1. The quantitative estimate of drug-likeness (QED) is 0.583. The Kier molecular flexibility index (Phi) is 5.52. The second-order valence-electron chi connectivity index (χ2n) is 7.15.